The van der Waals surface area contributed by atoms with E-state index in [-0.39, 0.29) is 18.4 Å². The van der Waals surface area contributed by atoms with Crippen molar-refractivity contribution < 1.29 is 19.1 Å². The van der Waals surface area contributed by atoms with E-state index in [1.807, 2.05) is 17.0 Å². The quantitative estimate of drug-likeness (QED) is 0.837. The van der Waals surface area contributed by atoms with Crippen LogP contribution in [0.4, 0.5) is 4.79 Å². The highest BCUT2D eigenvalue weighted by Crippen LogP contribution is 2.12. The van der Waals surface area contributed by atoms with Crippen LogP contribution >= 0.6 is 0 Å². The van der Waals surface area contributed by atoms with E-state index in [0.717, 1.165) is 6.42 Å². The molecule has 154 valence electrons. The lowest BCUT2D eigenvalue weighted by atomic mass is 10.0. The Bertz CT molecular complexity index is 704. The van der Waals surface area contributed by atoms with Gasteiger partial charge in [0.15, 0.2) is 0 Å². The van der Waals surface area contributed by atoms with Gasteiger partial charge in [-0.15, -0.1) is 0 Å². The van der Waals surface area contributed by atoms with Gasteiger partial charge in [-0.3, -0.25) is 9.59 Å². The standard InChI is InChI=1S/C21H31N3O4/c1-16-7-5-6-8-17(16)9-10-18(25)23-11-13-24(14-12-23)19(26)15-22-20(27)28-21(2,3)4/h5-8H,9-15H2,1-4H3,(H,22,27). The van der Waals surface area contributed by atoms with E-state index in [1.165, 1.54) is 11.1 Å². The van der Waals surface area contributed by atoms with Crippen LogP contribution in [0.25, 0.3) is 0 Å². The highest BCUT2D eigenvalue weighted by atomic mass is 16.6. The first-order chi connectivity index (χ1) is 13.2. The predicted octanol–water partition coefficient (Wildman–Crippen LogP) is 2.12. The van der Waals surface area contributed by atoms with Crippen LogP contribution in [0.1, 0.15) is 38.3 Å². The molecule has 7 heteroatoms. The van der Waals surface area contributed by atoms with Gasteiger partial charge in [0.25, 0.3) is 0 Å². The van der Waals surface area contributed by atoms with Gasteiger partial charge in [0.2, 0.25) is 11.8 Å². The second-order valence-electron chi connectivity index (χ2n) is 8.04. The number of alkyl carbamates (subject to hydrolysis) is 1. The minimum Gasteiger partial charge on any atom is -0.444 e. The third-order valence-electron chi connectivity index (χ3n) is 4.64. The van der Waals surface area contributed by atoms with E-state index in [0.29, 0.717) is 32.6 Å². The topological polar surface area (TPSA) is 79.0 Å². The fourth-order valence-electron chi connectivity index (χ4n) is 3.07. The Kier molecular flexibility index (Phi) is 7.43. The first-order valence-electron chi connectivity index (χ1n) is 9.72. The van der Waals surface area contributed by atoms with Crippen LogP contribution in [0.3, 0.4) is 0 Å². The van der Waals surface area contributed by atoms with E-state index in [1.54, 1.807) is 25.7 Å². The maximum Gasteiger partial charge on any atom is 0.408 e. The summed E-state index contributed by atoms with van der Waals surface area (Å²) in [5, 5.41) is 2.48. The third-order valence-corrected chi connectivity index (χ3v) is 4.64. The molecule has 1 heterocycles. The zero-order chi connectivity index (χ0) is 20.7. The molecule has 1 aromatic carbocycles. The molecule has 0 unspecified atom stereocenters. The molecule has 0 saturated carbocycles. The van der Waals surface area contributed by atoms with Crippen LogP contribution in [0.15, 0.2) is 24.3 Å². The smallest absolute Gasteiger partial charge is 0.408 e. The van der Waals surface area contributed by atoms with Crippen molar-refractivity contribution in [1.82, 2.24) is 15.1 Å². The Morgan fingerprint density at radius 3 is 2.14 bits per heavy atom. The maximum absolute atomic E-state index is 12.5. The summed E-state index contributed by atoms with van der Waals surface area (Å²) in [6.07, 6.45) is 0.592. The molecule has 0 radical (unpaired) electrons. The summed E-state index contributed by atoms with van der Waals surface area (Å²) < 4.78 is 5.12. The van der Waals surface area contributed by atoms with Crippen LogP contribution < -0.4 is 5.32 Å². The summed E-state index contributed by atoms with van der Waals surface area (Å²) in [6.45, 7) is 9.24. The van der Waals surface area contributed by atoms with Gasteiger partial charge in [-0.05, 0) is 45.2 Å². The molecule has 1 aromatic rings. The van der Waals surface area contributed by atoms with Gasteiger partial charge in [0.05, 0.1) is 0 Å². The highest BCUT2D eigenvalue weighted by molar-refractivity contribution is 5.83. The first kappa shape index (κ1) is 21.7. The lowest BCUT2D eigenvalue weighted by Gasteiger charge is -2.35. The van der Waals surface area contributed by atoms with Crippen molar-refractivity contribution in [2.45, 2.75) is 46.1 Å². The number of nitrogens with one attached hydrogen (secondary N) is 1. The number of hydrogen-bond acceptors (Lipinski definition) is 4. The van der Waals surface area contributed by atoms with Crippen LogP contribution in [-0.2, 0) is 20.7 Å². The number of benzene rings is 1. The Morgan fingerprint density at radius 2 is 1.57 bits per heavy atom. The van der Waals surface area contributed by atoms with Crippen molar-refractivity contribution in [3.63, 3.8) is 0 Å². The highest BCUT2D eigenvalue weighted by Gasteiger charge is 2.24. The van der Waals surface area contributed by atoms with Crippen LogP contribution in [0.2, 0.25) is 0 Å². The molecule has 1 N–H and O–H groups in total. The predicted molar refractivity (Wildman–Crippen MR) is 107 cm³/mol. The molecule has 3 amide bonds. The van der Waals surface area contributed by atoms with Crippen molar-refractivity contribution in [3.05, 3.63) is 35.4 Å². The molecule has 2 rings (SSSR count). The SMILES string of the molecule is Cc1ccccc1CCC(=O)N1CCN(C(=O)CNC(=O)OC(C)(C)C)CC1. The molecule has 0 aliphatic carbocycles. The van der Waals surface area contributed by atoms with E-state index >= 15 is 0 Å². The number of amides is 3. The molecule has 0 atom stereocenters. The number of nitrogens with zero attached hydrogens (tertiary/aromatic N) is 2. The molecule has 1 aliphatic rings. The largest absolute Gasteiger partial charge is 0.444 e. The average molecular weight is 389 g/mol. The second kappa shape index (κ2) is 9.57. The normalized spacial score (nSPS) is 14.6. The number of aryl methyl sites for hydroxylation is 2. The lowest BCUT2D eigenvalue weighted by molar-refractivity contribution is -0.139. The van der Waals surface area contributed by atoms with Crippen molar-refractivity contribution >= 4 is 17.9 Å². The summed E-state index contributed by atoms with van der Waals surface area (Å²) >= 11 is 0. The molecule has 28 heavy (non-hydrogen) atoms. The number of rotatable bonds is 5. The van der Waals surface area contributed by atoms with E-state index in [2.05, 4.69) is 24.4 Å². The number of carbonyl (C=O) groups is 3. The Labute approximate surface area is 167 Å². The number of piperazine rings is 1. The second-order valence-corrected chi connectivity index (χ2v) is 8.04. The van der Waals surface area contributed by atoms with E-state index < -0.39 is 11.7 Å². The van der Waals surface area contributed by atoms with Crippen molar-refractivity contribution in [1.29, 1.82) is 0 Å². The van der Waals surface area contributed by atoms with Gasteiger partial charge < -0.3 is 19.9 Å². The van der Waals surface area contributed by atoms with Crippen molar-refractivity contribution in [3.8, 4) is 0 Å². The number of hydrogen-bond donors (Lipinski definition) is 1. The first-order valence-corrected chi connectivity index (χ1v) is 9.72. The molecule has 1 saturated heterocycles. The molecular weight excluding hydrogens is 358 g/mol. The van der Waals surface area contributed by atoms with Gasteiger partial charge in [0.1, 0.15) is 12.1 Å². The van der Waals surface area contributed by atoms with E-state index in [4.69, 9.17) is 4.74 Å². The van der Waals surface area contributed by atoms with Crippen LogP contribution in [0.5, 0.6) is 0 Å². The van der Waals surface area contributed by atoms with Gasteiger partial charge in [-0.25, -0.2) is 4.79 Å². The summed E-state index contributed by atoms with van der Waals surface area (Å²) in [5.41, 5.74) is 1.79. The number of carbonyl (C=O) groups excluding carboxylic acids is 3. The van der Waals surface area contributed by atoms with Crippen molar-refractivity contribution in [2.24, 2.45) is 0 Å². The molecule has 1 aliphatic heterocycles. The minimum atomic E-state index is -0.606. The molecule has 1 fully saturated rings. The molecule has 0 spiro atoms. The summed E-state index contributed by atoms with van der Waals surface area (Å²) in [7, 11) is 0. The van der Waals surface area contributed by atoms with Gasteiger partial charge in [0, 0.05) is 32.6 Å². The van der Waals surface area contributed by atoms with Gasteiger partial charge >= 0.3 is 6.09 Å². The lowest BCUT2D eigenvalue weighted by Crippen LogP contribution is -2.52. The molecule has 7 nitrogen and oxygen atoms in total. The Morgan fingerprint density at radius 1 is 1.00 bits per heavy atom. The van der Waals surface area contributed by atoms with E-state index in [9.17, 15) is 14.4 Å². The fourth-order valence-corrected chi connectivity index (χ4v) is 3.07. The van der Waals surface area contributed by atoms with Crippen molar-refractivity contribution in [2.75, 3.05) is 32.7 Å². The van der Waals surface area contributed by atoms with Crippen LogP contribution in [0, 0.1) is 6.92 Å². The monoisotopic (exact) mass is 389 g/mol. The Balaban J connectivity index is 1.71. The van der Waals surface area contributed by atoms with Gasteiger partial charge in [-0.1, -0.05) is 24.3 Å². The Hall–Kier alpha value is -2.57. The maximum atomic E-state index is 12.5. The number of ether oxygens (including phenoxy) is 1. The fraction of sp³-hybridized carbons (Fsp3) is 0.571. The molecule has 0 aromatic heterocycles. The summed E-state index contributed by atoms with van der Waals surface area (Å²) in [5.74, 6) is -0.0555. The van der Waals surface area contributed by atoms with Gasteiger partial charge in [-0.2, -0.15) is 0 Å². The molecular formula is C21H31N3O4. The minimum absolute atomic E-state index is 0.101. The average Bonchev–Trinajstić information content (AvgIpc) is 2.64. The summed E-state index contributed by atoms with van der Waals surface area (Å²) in [4.78, 5) is 39.8. The van der Waals surface area contributed by atoms with Crippen LogP contribution in [-0.4, -0.2) is 66.0 Å². The molecule has 0 bridgehead atoms. The zero-order valence-corrected chi connectivity index (χ0v) is 17.3. The third kappa shape index (κ3) is 6.87. The zero-order valence-electron chi connectivity index (χ0n) is 17.3. The summed E-state index contributed by atoms with van der Waals surface area (Å²) in [6, 6.07) is 8.09.